The summed E-state index contributed by atoms with van der Waals surface area (Å²) in [6, 6.07) is 7.74. The second-order valence-electron chi connectivity index (χ2n) is 6.99. The van der Waals surface area contributed by atoms with Crippen LogP contribution < -0.4 is 14.8 Å². The molecule has 144 valence electrons. The molecule has 0 saturated heterocycles. The molecule has 1 N–H and O–H groups in total. The number of benzene rings is 1. The van der Waals surface area contributed by atoms with Crippen molar-refractivity contribution >= 4 is 17.7 Å². The molecule has 1 aromatic heterocycles. The Bertz CT molecular complexity index is 797. The van der Waals surface area contributed by atoms with E-state index in [9.17, 15) is 4.79 Å². The van der Waals surface area contributed by atoms with Crippen LogP contribution in [0, 0.1) is 5.92 Å². The van der Waals surface area contributed by atoms with Crippen LogP contribution in [0.1, 0.15) is 44.6 Å². The van der Waals surface area contributed by atoms with Crippen molar-refractivity contribution in [1.82, 2.24) is 15.5 Å². The standard InChI is InChI=1S/C19H23N3O4S/c1-12-6-2-3-7-13(12)20-17(23)11-27-19-22-21-18(26-19)16-10-24-14-8-4-5-9-15(14)25-16/h4-5,8-9,12-13,16H,2-3,6-7,10-11H2,1H3,(H,20,23)/t12-,13-,16+/m1/s1. The van der Waals surface area contributed by atoms with Crippen molar-refractivity contribution in [1.29, 1.82) is 0 Å². The first-order chi connectivity index (χ1) is 13.2. The van der Waals surface area contributed by atoms with Crippen molar-refractivity contribution in [2.75, 3.05) is 12.4 Å². The minimum atomic E-state index is -0.446. The number of nitrogens with one attached hydrogen (secondary N) is 1. The van der Waals surface area contributed by atoms with E-state index < -0.39 is 6.10 Å². The molecule has 1 aromatic carbocycles. The molecule has 3 atom stereocenters. The molecule has 1 aliphatic carbocycles. The molecule has 1 amide bonds. The molecule has 1 fully saturated rings. The normalized spacial score (nSPS) is 24.4. The van der Waals surface area contributed by atoms with Crippen LogP contribution in [-0.2, 0) is 4.79 Å². The quantitative estimate of drug-likeness (QED) is 0.785. The highest BCUT2D eigenvalue weighted by atomic mass is 32.2. The zero-order valence-electron chi connectivity index (χ0n) is 15.2. The molecule has 0 spiro atoms. The van der Waals surface area contributed by atoms with E-state index in [-0.39, 0.29) is 17.7 Å². The molecule has 2 aliphatic rings. The number of ether oxygens (including phenoxy) is 2. The Morgan fingerprint density at radius 3 is 2.89 bits per heavy atom. The molecule has 2 heterocycles. The molecule has 0 radical (unpaired) electrons. The van der Waals surface area contributed by atoms with E-state index in [4.69, 9.17) is 13.9 Å². The molecule has 8 heteroatoms. The van der Waals surface area contributed by atoms with Crippen LogP contribution in [0.25, 0.3) is 0 Å². The zero-order valence-corrected chi connectivity index (χ0v) is 16.0. The summed E-state index contributed by atoms with van der Waals surface area (Å²) in [6.07, 6.45) is 4.23. The number of rotatable bonds is 5. The Morgan fingerprint density at radius 1 is 1.22 bits per heavy atom. The molecular weight excluding hydrogens is 366 g/mol. The van der Waals surface area contributed by atoms with Crippen LogP contribution in [0.3, 0.4) is 0 Å². The van der Waals surface area contributed by atoms with E-state index in [1.807, 2.05) is 24.3 Å². The second-order valence-corrected chi connectivity index (χ2v) is 7.92. The molecule has 1 saturated carbocycles. The van der Waals surface area contributed by atoms with Gasteiger partial charge in [-0.2, -0.15) is 0 Å². The third-order valence-corrected chi connectivity index (χ3v) is 5.81. The van der Waals surface area contributed by atoms with Gasteiger partial charge >= 0.3 is 0 Å². The minimum Gasteiger partial charge on any atom is -0.485 e. The molecule has 1 aliphatic heterocycles. The van der Waals surface area contributed by atoms with Gasteiger partial charge in [-0.15, -0.1) is 10.2 Å². The van der Waals surface area contributed by atoms with Gasteiger partial charge in [0.25, 0.3) is 11.1 Å². The van der Waals surface area contributed by atoms with Crippen LogP contribution in [-0.4, -0.2) is 34.5 Å². The van der Waals surface area contributed by atoms with E-state index >= 15 is 0 Å². The average molecular weight is 389 g/mol. The summed E-state index contributed by atoms with van der Waals surface area (Å²) in [5, 5.41) is 11.5. The first-order valence-electron chi connectivity index (χ1n) is 9.33. The van der Waals surface area contributed by atoms with Gasteiger partial charge in [-0.05, 0) is 30.9 Å². The summed E-state index contributed by atoms with van der Waals surface area (Å²) in [5.74, 6) is 2.51. The molecule has 7 nitrogen and oxygen atoms in total. The van der Waals surface area contributed by atoms with Gasteiger partial charge in [0.1, 0.15) is 6.61 Å². The molecule has 4 rings (SSSR count). The Labute approximate surface area is 162 Å². The van der Waals surface area contributed by atoms with E-state index in [2.05, 4.69) is 22.4 Å². The van der Waals surface area contributed by atoms with Gasteiger partial charge in [-0.3, -0.25) is 4.79 Å². The lowest BCUT2D eigenvalue weighted by Crippen LogP contribution is -2.41. The van der Waals surface area contributed by atoms with Gasteiger partial charge in [0.2, 0.25) is 12.0 Å². The fraction of sp³-hybridized carbons (Fsp3) is 0.526. The number of fused-ring (bicyclic) bond motifs is 1. The third-order valence-electron chi connectivity index (χ3n) is 4.99. The summed E-state index contributed by atoms with van der Waals surface area (Å²) in [6.45, 7) is 2.51. The Kier molecular flexibility index (Phi) is 5.52. The predicted molar refractivity (Wildman–Crippen MR) is 99.9 cm³/mol. The summed E-state index contributed by atoms with van der Waals surface area (Å²) < 4.78 is 17.2. The number of carbonyl (C=O) groups excluding carboxylic acids is 1. The number of aromatic nitrogens is 2. The van der Waals surface area contributed by atoms with Gasteiger partial charge in [-0.25, -0.2) is 0 Å². The summed E-state index contributed by atoms with van der Waals surface area (Å²) in [4.78, 5) is 12.2. The molecule has 0 bridgehead atoms. The fourth-order valence-electron chi connectivity index (χ4n) is 3.46. The molecule has 27 heavy (non-hydrogen) atoms. The highest BCUT2D eigenvalue weighted by Crippen LogP contribution is 2.36. The predicted octanol–water partition coefficient (Wildman–Crippen LogP) is 3.37. The highest BCUT2D eigenvalue weighted by molar-refractivity contribution is 7.99. The van der Waals surface area contributed by atoms with Crippen molar-refractivity contribution in [3.63, 3.8) is 0 Å². The van der Waals surface area contributed by atoms with Crippen LogP contribution in [0.4, 0.5) is 0 Å². The fourth-order valence-corrected chi connectivity index (χ4v) is 4.04. The largest absolute Gasteiger partial charge is 0.485 e. The number of amides is 1. The van der Waals surface area contributed by atoms with Gasteiger partial charge in [0, 0.05) is 6.04 Å². The van der Waals surface area contributed by atoms with E-state index in [1.165, 1.54) is 31.0 Å². The van der Waals surface area contributed by atoms with Crippen LogP contribution in [0.15, 0.2) is 33.9 Å². The van der Waals surface area contributed by atoms with Crippen molar-refractivity contribution in [2.24, 2.45) is 5.92 Å². The lowest BCUT2D eigenvalue weighted by Gasteiger charge is -2.29. The Balaban J connectivity index is 1.29. The maximum absolute atomic E-state index is 12.2. The van der Waals surface area contributed by atoms with E-state index in [0.717, 1.165) is 6.42 Å². The van der Waals surface area contributed by atoms with Gasteiger partial charge in [-0.1, -0.05) is 43.7 Å². The van der Waals surface area contributed by atoms with Crippen molar-refractivity contribution in [2.45, 2.75) is 50.0 Å². The highest BCUT2D eigenvalue weighted by Gasteiger charge is 2.28. The average Bonchev–Trinajstić information content (AvgIpc) is 3.17. The minimum absolute atomic E-state index is 0.00433. The molecular formula is C19H23N3O4S. The van der Waals surface area contributed by atoms with Crippen LogP contribution >= 0.6 is 11.8 Å². The van der Waals surface area contributed by atoms with Gasteiger partial charge in [0.15, 0.2) is 11.5 Å². The lowest BCUT2D eigenvalue weighted by atomic mass is 9.86. The van der Waals surface area contributed by atoms with Crippen molar-refractivity contribution in [3.05, 3.63) is 30.2 Å². The third kappa shape index (κ3) is 4.37. The zero-order chi connectivity index (χ0) is 18.6. The summed E-state index contributed by atoms with van der Waals surface area (Å²) in [5.41, 5.74) is 0. The number of para-hydroxylation sites is 2. The topological polar surface area (TPSA) is 86.5 Å². The number of carbonyl (C=O) groups is 1. The van der Waals surface area contributed by atoms with Crippen molar-refractivity contribution in [3.8, 4) is 11.5 Å². The number of hydrogen-bond donors (Lipinski definition) is 1. The monoisotopic (exact) mass is 389 g/mol. The smallest absolute Gasteiger partial charge is 0.277 e. The first-order valence-corrected chi connectivity index (χ1v) is 10.3. The van der Waals surface area contributed by atoms with Gasteiger partial charge < -0.3 is 19.2 Å². The van der Waals surface area contributed by atoms with E-state index in [1.54, 1.807) is 0 Å². The first kappa shape index (κ1) is 18.2. The van der Waals surface area contributed by atoms with Crippen molar-refractivity contribution < 1.29 is 18.7 Å². The van der Waals surface area contributed by atoms with Crippen LogP contribution in [0.2, 0.25) is 0 Å². The Morgan fingerprint density at radius 2 is 2.04 bits per heavy atom. The SMILES string of the molecule is C[C@@H]1CCCC[C@H]1NC(=O)CSc1nnc([C@@H]2COc3ccccc3O2)o1. The van der Waals surface area contributed by atoms with E-state index in [0.29, 0.717) is 35.1 Å². The summed E-state index contributed by atoms with van der Waals surface area (Å²) >= 11 is 1.24. The second kappa shape index (κ2) is 8.21. The maximum Gasteiger partial charge on any atom is 0.277 e. The molecule has 0 unspecified atom stereocenters. The van der Waals surface area contributed by atoms with Gasteiger partial charge in [0.05, 0.1) is 5.75 Å². The maximum atomic E-state index is 12.2. The number of thioether (sulfide) groups is 1. The van der Waals surface area contributed by atoms with Crippen LogP contribution in [0.5, 0.6) is 11.5 Å². The number of nitrogens with zero attached hydrogens (tertiary/aromatic N) is 2. The molecule has 2 aromatic rings. The summed E-state index contributed by atoms with van der Waals surface area (Å²) in [7, 11) is 0. The number of hydrogen-bond acceptors (Lipinski definition) is 7. The Hall–Kier alpha value is -2.22. The lowest BCUT2D eigenvalue weighted by molar-refractivity contribution is -0.119.